The topological polar surface area (TPSA) is 57.6 Å². The van der Waals surface area contributed by atoms with Crippen LogP contribution in [0.25, 0.3) is 10.9 Å². The molecule has 0 saturated heterocycles. The van der Waals surface area contributed by atoms with Crippen LogP contribution >= 0.6 is 0 Å². The van der Waals surface area contributed by atoms with Gasteiger partial charge in [0.15, 0.2) is 5.88 Å². The summed E-state index contributed by atoms with van der Waals surface area (Å²) in [6, 6.07) is 25.4. The quantitative estimate of drug-likeness (QED) is 0.490. The molecule has 0 amide bonds. The molecule has 4 aromatic rings. The Balaban J connectivity index is 1.47. The first-order chi connectivity index (χ1) is 12.8. The van der Waals surface area contributed by atoms with Crippen molar-refractivity contribution in [3.8, 4) is 11.6 Å². The van der Waals surface area contributed by atoms with Crippen LogP contribution in [0.1, 0.15) is 11.1 Å². The first kappa shape index (κ1) is 16.0. The van der Waals surface area contributed by atoms with Crippen LogP contribution in [0.2, 0.25) is 0 Å². The fourth-order valence-electron chi connectivity index (χ4n) is 2.79. The van der Waals surface area contributed by atoms with E-state index in [0.717, 1.165) is 27.9 Å². The maximum atomic E-state index is 10.1. The zero-order valence-corrected chi connectivity index (χ0v) is 14.1. The van der Waals surface area contributed by atoms with Crippen LogP contribution in [0, 0.1) is 0 Å². The summed E-state index contributed by atoms with van der Waals surface area (Å²) in [6.45, 7) is 0.534. The first-order valence-corrected chi connectivity index (χ1v) is 8.40. The van der Waals surface area contributed by atoms with Crippen molar-refractivity contribution in [2.24, 2.45) is 4.99 Å². The van der Waals surface area contributed by atoms with Crippen molar-refractivity contribution >= 4 is 22.8 Å². The van der Waals surface area contributed by atoms with Gasteiger partial charge in [0.1, 0.15) is 12.4 Å². The predicted octanol–water partition coefficient (Wildman–Crippen LogP) is 5.20. The second-order valence-corrected chi connectivity index (χ2v) is 5.96. The highest BCUT2D eigenvalue weighted by atomic mass is 16.5. The Morgan fingerprint density at radius 2 is 1.62 bits per heavy atom. The molecule has 3 aromatic carbocycles. The van der Waals surface area contributed by atoms with E-state index in [1.165, 1.54) is 0 Å². The average molecular weight is 342 g/mol. The van der Waals surface area contributed by atoms with Crippen molar-refractivity contribution in [1.82, 2.24) is 4.98 Å². The summed E-state index contributed by atoms with van der Waals surface area (Å²) in [4.78, 5) is 7.41. The monoisotopic (exact) mass is 342 g/mol. The smallest absolute Gasteiger partial charge is 0.198 e. The number of aromatic nitrogens is 1. The van der Waals surface area contributed by atoms with Crippen molar-refractivity contribution in [1.29, 1.82) is 0 Å². The lowest BCUT2D eigenvalue weighted by Gasteiger charge is -2.06. The minimum atomic E-state index is 0.123. The van der Waals surface area contributed by atoms with E-state index < -0.39 is 0 Å². The molecular weight excluding hydrogens is 324 g/mol. The van der Waals surface area contributed by atoms with Crippen molar-refractivity contribution in [3.05, 3.63) is 90.0 Å². The van der Waals surface area contributed by atoms with E-state index in [-0.39, 0.29) is 5.88 Å². The molecule has 4 nitrogen and oxygen atoms in total. The van der Waals surface area contributed by atoms with Crippen molar-refractivity contribution in [2.75, 3.05) is 0 Å². The number of aromatic amines is 1. The molecule has 0 saturated carbocycles. The van der Waals surface area contributed by atoms with Gasteiger partial charge in [-0.3, -0.25) is 4.99 Å². The zero-order chi connectivity index (χ0) is 17.8. The maximum Gasteiger partial charge on any atom is 0.198 e. The molecule has 1 heterocycles. The standard InChI is InChI=1S/C22H18N2O2/c25-22-20(19-8-4-5-9-21(19)24-22)14-23-17-10-12-18(13-11-17)26-15-16-6-2-1-3-7-16/h1-14,24-25H,15H2. The number of rotatable bonds is 5. The Kier molecular flexibility index (Phi) is 4.39. The summed E-state index contributed by atoms with van der Waals surface area (Å²) < 4.78 is 5.78. The second kappa shape index (κ2) is 7.15. The van der Waals surface area contributed by atoms with Crippen molar-refractivity contribution in [3.63, 3.8) is 0 Å². The number of hydrogen-bond acceptors (Lipinski definition) is 3. The average Bonchev–Trinajstić information content (AvgIpc) is 3.01. The molecule has 128 valence electrons. The van der Waals surface area contributed by atoms with Crippen LogP contribution < -0.4 is 4.74 Å². The number of benzene rings is 3. The fourth-order valence-corrected chi connectivity index (χ4v) is 2.79. The molecule has 4 heteroatoms. The molecular formula is C22H18N2O2. The Morgan fingerprint density at radius 1 is 0.885 bits per heavy atom. The number of nitrogens with zero attached hydrogens (tertiary/aromatic N) is 1. The van der Waals surface area contributed by atoms with Gasteiger partial charge in [0.25, 0.3) is 0 Å². The normalized spacial score (nSPS) is 11.2. The molecule has 1 aromatic heterocycles. The number of aliphatic imine (C=N–C) groups is 1. The molecule has 0 bridgehead atoms. The van der Waals surface area contributed by atoms with Crippen LogP contribution in [0.3, 0.4) is 0 Å². The third kappa shape index (κ3) is 3.44. The lowest BCUT2D eigenvalue weighted by Crippen LogP contribution is -1.94. The maximum absolute atomic E-state index is 10.1. The SMILES string of the molecule is Oc1[nH]c2ccccc2c1C=Nc1ccc(OCc2ccccc2)cc1. The molecule has 0 radical (unpaired) electrons. The molecule has 0 unspecified atom stereocenters. The first-order valence-electron chi connectivity index (χ1n) is 8.40. The number of H-pyrrole nitrogens is 1. The van der Waals surface area contributed by atoms with Crippen LogP contribution in [-0.4, -0.2) is 16.3 Å². The highest BCUT2D eigenvalue weighted by molar-refractivity contribution is 6.02. The summed E-state index contributed by atoms with van der Waals surface area (Å²) in [5, 5.41) is 11.0. The lowest BCUT2D eigenvalue weighted by atomic mass is 10.2. The fraction of sp³-hybridized carbons (Fsp3) is 0.0455. The van der Waals surface area contributed by atoms with Crippen LogP contribution in [0.15, 0.2) is 83.9 Å². The highest BCUT2D eigenvalue weighted by Crippen LogP contribution is 2.26. The number of aromatic hydroxyl groups is 1. The van der Waals surface area contributed by atoms with Gasteiger partial charge in [0, 0.05) is 17.1 Å². The van der Waals surface area contributed by atoms with Gasteiger partial charge in [0.05, 0.1) is 11.3 Å². The predicted molar refractivity (Wildman–Crippen MR) is 104 cm³/mol. The van der Waals surface area contributed by atoms with Gasteiger partial charge in [0.2, 0.25) is 0 Å². The van der Waals surface area contributed by atoms with Gasteiger partial charge >= 0.3 is 0 Å². The van der Waals surface area contributed by atoms with E-state index in [1.54, 1.807) is 6.21 Å². The summed E-state index contributed by atoms with van der Waals surface area (Å²) >= 11 is 0. The largest absolute Gasteiger partial charge is 0.494 e. The summed E-state index contributed by atoms with van der Waals surface area (Å²) in [5.74, 6) is 0.917. The number of ether oxygens (including phenoxy) is 1. The molecule has 4 rings (SSSR count). The van der Waals surface area contributed by atoms with Crippen LogP contribution in [0.5, 0.6) is 11.6 Å². The van der Waals surface area contributed by atoms with Gasteiger partial charge in [-0.1, -0.05) is 48.5 Å². The summed E-state index contributed by atoms with van der Waals surface area (Å²) in [5.41, 5.74) is 3.49. The summed E-state index contributed by atoms with van der Waals surface area (Å²) in [6.07, 6.45) is 1.67. The Hall–Kier alpha value is -3.53. The van der Waals surface area contributed by atoms with E-state index in [0.29, 0.717) is 12.2 Å². The molecule has 0 spiro atoms. The van der Waals surface area contributed by atoms with Gasteiger partial charge < -0.3 is 14.8 Å². The van der Waals surface area contributed by atoms with Gasteiger partial charge in [-0.2, -0.15) is 0 Å². The molecule has 0 aliphatic heterocycles. The molecule has 0 aliphatic carbocycles. The highest BCUT2D eigenvalue weighted by Gasteiger charge is 2.07. The van der Waals surface area contributed by atoms with Gasteiger partial charge in [-0.25, -0.2) is 0 Å². The molecule has 0 atom stereocenters. The van der Waals surface area contributed by atoms with Crippen molar-refractivity contribution < 1.29 is 9.84 Å². The molecule has 26 heavy (non-hydrogen) atoms. The van der Waals surface area contributed by atoms with E-state index >= 15 is 0 Å². The molecule has 0 aliphatic rings. The zero-order valence-electron chi connectivity index (χ0n) is 14.1. The van der Waals surface area contributed by atoms with Gasteiger partial charge in [-0.15, -0.1) is 0 Å². The van der Waals surface area contributed by atoms with Gasteiger partial charge in [-0.05, 0) is 35.9 Å². The summed E-state index contributed by atoms with van der Waals surface area (Å²) in [7, 11) is 0. The number of fused-ring (bicyclic) bond motifs is 1. The second-order valence-electron chi connectivity index (χ2n) is 5.96. The third-order valence-corrected chi connectivity index (χ3v) is 4.15. The molecule has 0 fully saturated rings. The Bertz CT molecular complexity index is 1030. The minimum absolute atomic E-state index is 0.123. The van der Waals surface area contributed by atoms with E-state index in [4.69, 9.17) is 4.74 Å². The Morgan fingerprint density at radius 3 is 2.42 bits per heavy atom. The van der Waals surface area contributed by atoms with E-state index in [1.807, 2.05) is 78.9 Å². The Labute approximate surface area is 151 Å². The molecule has 2 N–H and O–H groups in total. The number of para-hydroxylation sites is 1. The minimum Gasteiger partial charge on any atom is -0.494 e. The van der Waals surface area contributed by atoms with Crippen LogP contribution in [0.4, 0.5) is 5.69 Å². The lowest BCUT2D eigenvalue weighted by molar-refractivity contribution is 0.306. The van der Waals surface area contributed by atoms with Crippen molar-refractivity contribution in [2.45, 2.75) is 6.61 Å². The number of hydrogen-bond donors (Lipinski definition) is 2. The third-order valence-electron chi connectivity index (χ3n) is 4.15. The van der Waals surface area contributed by atoms with E-state index in [9.17, 15) is 5.11 Å². The van der Waals surface area contributed by atoms with E-state index in [2.05, 4.69) is 9.98 Å². The van der Waals surface area contributed by atoms with Crippen LogP contribution in [-0.2, 0) is 6.61 Å². The number of nitrogens with one attached hydrogen (secondary N) is 1.